The summed E-state index contributed by atoms with van der Waals surface area (Å²) in [4.78, 5) is 13.0. The van der Waals surface area contributed by atoms with Crippen LogP contribution in [0.4, 0.5) is 4.79 Å². The highest BCUT2D eigenvalue weighted by Gasteiger charge is 2.16. The fourth-order valence-corrected chi connectivity index (χ4v) is 2.18. The van der Waals surface area contributed by atoms with Crippen LogP contribution in [0, 0.1) is 0 Å². The minimum absolute atomic E-state index is 0.520. The van der Waals surface area contributed by atoms with Gasteiger partial charge in [0.2, 0.25) is 0 Å². The number of hydrogen-bond donors (Lipinski definition) is 1. The number of methoxy groups -OCH3 is 1. The lowest BCUT2D eigenvalue weighted by molar-refractivity contribution is 0.140. The number of amides is 1. The summed E-state index contributed by atoms with van der Waals surface area (Å²) in [5, 5.41) is 0. The van der Waals surface area contributed by atoms with Gasteiger partial charge in [-0.25, -0.2) is 4.79 Å². The summed E-state index contributed by atoms with van der Waals surface area (Å²) in [6.45, 7) is 3.60. The molecule has 18 heavy (non-hydrogen) atoms. The summed E-state index contributed by atoms with van der Waals surface area (Å²) in [7, 11) is 1.71. The standard InChI is InChI=1S/C13H18N2O3/c1-17-7-6-15-5-4-10-8-12(18-13(14)16)3-2-11(10)9-15/h2-3,8H,4-7,9H2,1H3,(H2,14,16). The van der Waals surface area contributed by atoms with Crippen molar-refractivity contribution in [1.82, 2.24) is 4.90 Å². The number of carbonyl (C=O) groups is 1. The van der Waals surface area contributed by atoms with E-state index < -0.39 is 6.09 Å². The third-order valence-corrected chi connectivity index (χ3v) is 3.10. The Morgan fingerprint density at radius 1 is 1.44 bits per heavy atom. The predicted octanol–water partition coefficient (Wildman–Crippen LogP) is 1.15. The molecular weight excluding hydrogens is 232 g/mol. The summed E-state index contributed by atoms with van der Waals surface area (Å²) >= 11 is 0. The molecule has 1 aliphatic heterocycles. The molecule has 2 N–H and O–H groups in total. The largest absolute Gasteiger partial charge is 0.410 e. The van der Waals surface area contributed by atoms with E-state index in [1.165, 1.54) is 11.1 Å². The molecule has 5 nitrogen and oxygen atoms in total. The van der Waals surface area contributed by atoms with E-state index >= 15 is 0 Å². The molecule has 0 unspecified atom stereocenters. The lowest BCUT2D eigenvalue weighted by atomic mass is 9.99. The number of rotatable bonds is 4. The van der Waals surface area contributed by atoms with Crippen LogP contribution in [0.3, 0.4) is 0 Å². The van der Waals surface area contributed by atoms with Crippen LogP contribution in [0.1, 0.15) is 11.1 Å². The van der Waals surface area contributed by atoms with Gasteiger partial charge in [-0.3, -0.25) is 4.90 Å². The normalized spacial score (nSPS) is 15.2. The van der Waals surface area contributed by atoms with E-state index in [4.69, 9.17) is 15.2 Å². The molecule has 5 heteroatoms. The summed E-state index contributed by atoms with van der Waals surface area (Å²) in [5.41, 5.74) is 7.49. The van der Waals surface area contributed by atoms with Crippen molar-refractivity contribution in [3.05, 3.63) is 29.3 Å². The van der Waals surface area contributed by atoms with Crippen molar-refractivity contribution < 1.29 is 14.3 Å². The zero-order valence-corrected chi connectivity index (χ0v) is 10.5. The fourth-order valence-electron chi connectivity index (χ4n) is 2.18. The maximum atomic E-state index is 10.7. The smallest absolute Gasteiger partial charge is 0.409 e. The molecule has 0 atom stereocenters. The van der Waals surface area contributed by atoms with Crippen molar-refractivity contribution in [3.63, 3.8) is 0 Å². The minimum atomic E-state index is -0.771. The molecule has 98 valence electrons. The molecule has 0 fully saturated rings. The van der Waals surface area contributed by atoms with Crippen LogP contribution in [0.5, 0.6) is 5.75 Å². The van der Waals surface area contributed by atoms with Crippen molar-refractivity contribution in [2.75, 3.05) is 26.8 Å². The van der Waals surface area contributed by atoms with Crippen molar-refractivity contribution in [3.8, 4) is 5.75 Å². The van der Waals surface area contributed by atoms with E-state index in [0.717, 1.165) is 32.7 Å². The molecule has 1 aromatic carbocycles. The summed E-state index contributed by atoms with van der Waals surface area (Å²) in [6, 6.07) is 5.67. The van der Waals surface area contributed by atoms with Crippen LogP contribution in [0.25, 0.3) is 0 Å². The van der Waals surface area contributed by atoms with Gasteiger partial charge in [-0.2, -0.15) is 0 Å². The molecule has 2 rings (SSSR count). The first-order valence-electron chi connectivity index (χ1n) is 5.99. The second kappa shape index (κ2) is 5.84. The first kappa shape index (κ1) is 12.9. The minimum Gasteiger partial charge on any atom is -0.410 e. The summed E-state index contributed by atoms with van der Waals surface area (Å²) < 4.78 is 9.96. The lowest BCUT2D eigenvalue weighted by Crippen LogP contribution is -2.33. The van der Waals surface area contributed by atoms with Crippen LogP contribution >= 0.6 is 0 Å². The number of primary amides is 1. The fraction of sp³-hybridized carbons (Fsp3) is 0.462. The van der Waals surface area contributed by atoms with Gasteiger partial charge in [0, 0.05) is 26.7 Å². The van der Waals surface area contributed by atoms with Gasteiger partial charge in [0.15, 0.2) is 0 Å². The van der Waals surface area contributed by atoms with E-state index in [-0.39, 0.29) is 0 Å². The zero-order valence-electron chi connectivity index (χ0n) is 10.5. The maximum Gasteiger partial charge on any atom is 0.409 e. The van der Waals surface area contributed by atoms with Gasteiger partial charge in [-0.05, 0) is 29.7 Å². The van der Waals surface area contributed by atoms with Crippen molar-refractivity contribution in [2.45, 2.75) is 13.0 Å². The highest BCUT2D eigenvalue weighted by atomic mass is 16.5. The molecule has 1 aromatic rings. The molecular formula is C13H18N2O3. The van der Waals surface area contributed by atoms with Gasteiger partial charge in [0.1, 0.15) is 5.75 Å². The van der Waals surface area contributed by atoms with Crippen LogP contribution in [0.15, 0.2) is 18.2 Å². The van der Waals surface area contributed by atoms with Gasteiger partial charge in [0.25, 0.3) is 0 Å². The average molecular weight is 250 g/mol. The Bertz CT molecular complexity index is 434. The van der Waals surface area contributed by atoms with E-state index in [0.29, 0.717) is 5.75 Å². The Hall–Kier alpha value is -1.59. The topological polar surface area (TPSA) is 64.8 Å². The van der Waals surface area contributed by atoms with E-state index in [1.54, 1.807) is 13.2 Å². The van der Waals surface area contributed by atoms with Crippen molar-refractivity contribution in [1.29, 1.82) is 0 Å². The van der Waals surface area contributed by atoms with Crippen LogP contribution in [0.2, 0.25) is 0 Å². The first-order valence-corrected chi connectivity index (χ1v) is 5.99. The van der Waals surface area contributed by atoms with E-state index in [2.05, 4.69) is 4.90 Å². The van der Waals surface area contributed by atoms with Gasteiger partial charge in [-0.1, -0.05) is 6.07 Å². The number of carbonyl (C=O) groups excluding carboxylic acids is 1. The quantitative estimate of drug-likeness (QED) is 0.870. The van der Waals surface area contributed by atoms with Gasteiger partial charge < -0.3 is 15.2 Å². The first-order chi connectivity index (χ1) is 8.69. The van der Waals surface area contributed by atoms with Crippen LogP contribution < -0.4 is 10.5 Å². The second-order valence-corrected chi connectivity index (χ2v) is 4.37. The number of nitrogens with two attached hydrogens (primary N) is 1. The molecule has 0 saturated heterocycles. The third-order valence-electron chi connectivity index (χ3n) is 3.10. The Labute approximate surface area is 106 Å². The van der Waals surface area contributed by atoms with Gasteiger partial charge >= 0.3 is 6.09 Å². The summed E-state index contributed by atoms with van der Waals surface area (Å²) in [5.74, 6) is 0.520. The molecule has 1 amide bonds. The number of benzene rings is 1. The van der Waals surface area contributed by atoms with Crippen molar-refractivity contribution >= 4 is 6.09 Å². The SMILES string of the molecule is COCCN1CCc2cc(OC(N)=O)ccc2C1. The molecule has 0 spiro atoms. The van der Waals surface area contributed by atoms with Crippen LogP contribution in [-0.4, -0.2) is 37.8 Å². The number of ether oxygens (including phenoxy) is 2. The lowest BCUT2D eigenvalue weighted by Gasteiger charge is -2.28. The monoisotopic (exact) mass is 250 g/mol. The predicted molar refractivity (Wildman–Crippen MR) is 67.5 cm³/mol. The summed E-state index contributed by atoms with van der Waals surface area (Å²) in [6.07, 6.45) is 0.183. The van der Waals surface area contributed by atoms with E-state index in [9.17, 15) is 4.79 Å². The molecule has 0 radical (unpaired) electrons. The Morgan fingerprint density at radius 3 is 3.00 bits per heavy atom. The maximum absolute atomic E-state index is 10.7. The number of fused-ring (bicyclic) bond motifs is 1. The highest BCUT2D eigenvalue weighted by Crippen LogP contribution is 2.23. The number of hydrogen-bond acceptors (Lipinski definition) is 4. The molecule has 1 aliphatic rings. The average Bonchev–Trinajstić information content (AvgIpc) is 2.35. The number of nitrogens with zero attached hydrogens (tertiary/aromatic N) is 1. The van der Waals surface area contributed by atoms with Crippen molar-refractivity contribution in [2.24, 2.45) is 5.73 Å². The Balaban J connectivity index is 2.03. The molecule has 0 aromatic heterocycles. The molecule has 1 heterocycles. The van der Waals surface area contributed by atoms with E-state index in [1.807, 2.05) is 12.1 Å². The molecule has 0 saturated carbocycles. The Kier molecular flexibility index (Phi) is 4.17. The highest BCUT2D eigenvalue weighted by molar-refractivity contribution is 5.68. The van der Waals surface area contributed by atoms with Gasteiger partial charge in [0.05, 0.1) is 6.61 Å². The van der Waals surface area contributed by atoms with Crippen LogP contribution in [-0.2, 0) is 17.7 Å². The Morgan fingerprint density at radius 2 is 2.28 bits per heavy atom. The second-order valence-electron chi connectivity index (χ2n) is 4.37. The van der Waals surface area contributed by atoms with Gasteiger partial charge in [-0.15, -0.1) is 0 Å². The molecule has 0 aliphatic carbocycles. The molecule has 0 bridgehead atoms. The zero-order chi connectivity index (χ0) is 13.0. The third kappa shape index (κ3) is 3.21.